The van der Waals surface area contributed by atoms with E-state index in [0.717, 1.165) is 16.6 Å². The largest absolute Gasteiger partial charge is 0.487 e. The number of carbonyl (C=O) groups excluding carboxylic acids is 1. The lowest BCUT2D eigenvalue weighted by atomic mass is 10.0. The van der Waals surface area contributed by atoms with Gasteiger partial charge in [0.05, 0.1) is 11.2 Å². The lowest BCUT2D eigenvalue weighted by Crippen LogP contribution is -2.12. The number of alkyl halides is 3. The molecule has 0 saturated heterocycles. The van der Waals surface area contributed by atoms with Crippen molar-refractivity contribution < 1.29 is 27.4 Å². The van der Waals surface area contributed by atoms with Crippen molar-refractivity contribution in [3.63, 3.8) is 0 Å². The first-order chi connectivity index (χ1) is 14.3. The van der Waals surface area contributed by atoms with Crippen LogP contribution in [0.1, 0.15) is 43.5 Å². The molecule has 2 aromatic carbocycles. The summed E-state index contributed by atoms with van der Waals surface area (Å²) in [7, 11) is 0. The Morgan fingerprint density at radius 2 is 1.87 bits per heavy atom. The third-order valence-electron chi connectivity index (χ3n) is 4.51. The minimum atomic E-state index is -4.24. The molecule has 0 radical (unpaired) electrons. The number of halogens is 3. The minimum absolute atomic E-state index is 0.0781. The highest BCUT2D eigenvalue weighted by Crippen LogP contribution is 2.30. The number of carbonyl (C=O) groups is 1. The van der Waals surface area contributed by atoms with Crippen molar-refractivity contribution in [1.82, 2.24) is 4.98 Å². The van der Waals surface area contributed by atoms with E-state index < -0.39 is 24.7 Å². The molecule has 3 aromatic rings. The van der Waals surface area contributed by atoms with E-state index in [2.05, 4.69) is 4.98 Å². The summed E-state index contributed by atoms with van der Waals surface area (Å²) in [6.45, 7) is 1.48. The molecule has 1 atom stereocenters. The van der Waals surface area contributed by atoms with E-state index in [1.807, 2.05) is 36.4 Å². The number of benzene rings is 2. The number of esters is 1. The predicted molar refractivity (Wildman–Crippen MR) is 107 cm³/mol. The summed E-state index contributed by atoms with van der Waals surface area (Å²) < 4.78 is 48.4. The Balaban J connectivity index is 1.68. The SMILES string of the molecule is CC(=O)OC(CCCC(F)(F)F)c1cccc(OCc2ccc3ccccc3n2)c1. The van der Waals surface area contributed by atoms with Crippen molar-refractivity contribution in [2.24, 2.45) is 0 Å². The molecule has 1 unspecified atom stereocenters. The maximum absolute atomic E-state index is 12.5. The number of aromatic nitrogens is 1. The van der Waals surface area contributed by atoms with Crippen LogP contribution in [-0.2, 0) is 16.1 Å². The summed E-state index contributed by atoms with van der Waals surface area (Å²) in [4.78, 5) is 16.0. The van der Waals surface area contributed by atoms with Crippen molar-refractivity contribution in [3.05, 3.63) is 71.9 Å². The fourth-order valence-corrected chi connectivity index (χ4v) is 3.13. The number of pyridine rings is 1. The Hall–Kier alpha value is -3.09. The van der Waals surface area contributed by atoms with Gasteiger partial charge in [-0.1, -0.05) is 36.4 Å². The molecular weight excluding hydrogens is 395 g/mol. The van der Waals surface area contributed by atoms with Crippen LogP contribution < -0.4 is 4.74 Å². The third-order valence-corrected chi connectivity index (χ3v) is 4.51. The second kappa shape index (κ2) is 9.61. The van der Waals surface area contributed by atoms with Gasteiger partial charge in [-0.15, -0.1) is 0 Å². The van der Waals surface area contributed by atoms with Gasteiger partial charge in [-0.25, -0.2) is 4.98 Å². The topological polar surface area (TPSA) is 48.4 Å². The van der Waals surface area contributed by atoms with Crippen molar-refractivity contribution in [3.8, 4) is 5.75 Å². The molecule has 1 heterocycles. The van der Waals surface area contributed by atoms with E-state index in [0.29, 0.717) is 11.3 Å². The van der Waals surface area contributed by atoms with Gasteiger partial charge in [-0.3, -0.25) is 4.79 Å². The summed E-state index contributed by atoms with van der Waals surface area (Å²) in [5, 5.41) is 1.03. The molecular formula is C23H22F3NO3. The van der Waals surface area contributed by atoms with Gasteiger partial charge >= 0.3 is 12.1 Å². The first kappa shape index (κ1) is 21.6. The molecule has 0 fully saturated rings. The maximum Gasteiger partial charge on any atom is 0.389 e. The highest BCUT2D eigenvalue weighted by molar-refractivity contribution is 5.78. The van der Waals surface area contributed by atoms with Crippen molar-refractivity contribution in [2.75, 3.05) is 0 Å². The van der Waals surface area contributed by atoms with Crippen LogP contribution in [0, 0.1) is 0 Å². The number of para-hydroxylation sites is 1. The molecule has 0 bridgehead atoms. The molecule has 4 nitrogen and oxygen atoms in total. The van der Waals surface area contributed by atoms with E-state index >= 15 is 0 Å². The fourth-order valence-electron chi connectivity index (χ4n) is 3.13. The molecule has 158 valence electrons. The average molecular weight is 417 g/mol. The second-order valence-corrected chi connectivity index (χ2v) is 6.96. The quantitative estimate of drug-likeness (QED) is 0.413. The van der Waals surface area contributed by atoms with Gasteiger partial charge in [0.25, 0.3) is 0 Å². The van der Waals surface area contributed by atoms with Crippen LogP contribution in [0.5, 0.6) is 5.75 Å². The van der Waals surface area contributed by atoms with Crippen LogP contribution in [0.4, 0.5) is 13.2 Å². The van der Waals surface area contributed by atoms with Gasteiger partial charge in [0.2, 0.25) is 0 Å². The highest BCUT2D eigenvalue weighted by Gasteiger charge is 2.27. The first-order valence-corrected chi connectivity index (χ1v) is 9.61. The Morgan fingerprint density at radius 3 is 2.63 bits per heavy atom. The zero-order chi connectivity index (χ0) is 21.6. The van der Waals surface area contributed by atoms with Crippen LogP contribution >= 0.6 is 0 Å². The number of ether oxygens (including phenoxy) is 2. The summed E-state index contributed by atoms with van der Waals surface area (Å²) in [6.07, 6.45) is -5.97. The number of hydrogen-bond donors (Lipinski definition) is 0. The van der Waals surface area contributed by atoms with Gasteiger partial charge in [0, 0.05) is 18.7 Å². The Kier molecular flexibility index (Phi) is 6.92. The van der Waals surface area contributed by atoms with Crippen molar-refractivity contribution in [2.45, 2.75) is 45.1 Å². The van der Waals surface area contributed by atoms with E-state index in [-0.39, 0.29) is 19.4 Å². The predicted octanol–water partition coefficient (Wildman–Crippen LogP) is 6.15. The standard InChI is InChI=1S/C23H22F3NO3/c1-16(28)30-22(10-5-13-23(24,25)26)18-7-4-8-20(14-18)29-15-19-12-11-17-6-2-3-9-21(17)27-19/h2-4,6-9,11-12,14,22H,5,10,13,15H2,1H3. The Bertz CT molecular complexity index is 1000. The molecule has 0 aliphatic carbocycles. The van der Waals surface area contributed by atoms with Crippen molar-refractivity contribution >= 4 is 16.9 Å². The van der Waals surface area contributed by atoms with Crippen LogP contribution in [0.25, 0.3) is 10.9 Å². The molecule has 0 aliphatic heterocycles. The number of nitrogens with zero attached hydrogens (tertiary/aromatic N) is 1. The van der Waals surface area contributed by atoms with Crippen LogP contribution in [0.3, 0.4) is 0 Å². The average Bonchev–Trinajstić information content (AvgIpc) is 2.70. The van der Waals surface area contributed by atoms with Crippen molar-refractivity contribution in [1.29, 1.82) is 0 Å². The molecule has 0 N–H and O–H groups in total. The van der Waals surface area contributed by atoms with E-state index in [1.54, 1.807) is 24.3 Å². The highest BCUT2D eigenvalue weighted by atomic mass is 19.4. The van der Waals surface area contributed by atoms with Crippen LogP contribution in [0.2, 0.25) is 0 Å². The summed E-state index contributed by atoms with van der Waals surface area (Å²) in [5.74, 6) is -0.0193. The monoisotopic (exact) mass is 417 g/mol. The van der Waals surface area contributed by atoms with Gasteiger partial charge in [-0.2, -0.15) is 13.2 Å². The van der Waals surface area contributed by atoms with Gasteiger partial charge in [0.15, 0.2) is 0 Å². The summed E-state index contributed by atoms with van der Waals surface area (Å²) in [5.41, 5.74) is 2.21. The van der Waals surface area contributed by atoms with E-state index in [1.165, 1.54) is 6.92 Å². The minimum Gasteiger partial charge on any atom is -0.487 e. The lowest BCUT2D eigenvalue weighted by Gasteiger charge is -2.19. The van der Waals surface area contributed by atoms with Gasteiger partial charge in [-0.05, 0) is 42.7 Å². The lowest BCUT2D eigenvalue weighted by molar-refractivity contribution is -0.148. The molecule has 30 heavy (non-hydrogen) atoms. The third kappa shape index (κ3) is 6.47. The zero-order valence-corrected chi connectivity index (χ0v) is 16.5. The summed E-state index contributed by atoms with van der Waals surface area (Å²) >= 11 is 0. The summed E-state index contributed by atoms with van der Waals surface area (Å²) in [6, 6.07) is 18.5. The van der Waals surface area contributed by atoms with E-state index in [4.69, 9.17) is 9.47 Å². The molecule has 1 aromatic heterocycles. The number of hydrogen-bond acceptors (Lipinski definition) is 4. The molecule has 3 rings (SSSR count). The maximum atomic E-state index is 12.5. The molecule has 0 amide bonds. The second-order valence-electron chi connectivity index (χ2n) is 6.96. The first-order valence-electron chi connectivity index (χ1n) is 9.61. The smallest absolute Gasteiger partial charge is 0.389 e. The fraction of sp³-hybridized carbons (Fsp3) is 0.304. The zero-order valence-electron chi connectivity index (χ0n) is 16.5. The van der Waals surface area contributed by atoms with Crippen LogP contribution in [-0.4, -0.2) is 17.1 Å². The molecule has 0 aliphatic rings. The number of fused-ring (bicyclic) bond motifs is 1. The molecule has 0 saturated carbocycles. The van der Waals surface area contributed by atoms with Crippen LogP contribution in [0.15, 0.2) is 60.7 Å². The molecule has 0 spiro atoms. The normalized spacial score (nSPS) is 12.5. The Labute approximate surface area is 172 Å². The van der Waals surface area contributed by atoms with E-state index in [9.17, 15) is 18.0 Å². The number of rotatable bonds is 8. The Morgan fingerprint density at radius 1 is 1.07 bits per heavy atom. The van der Waals surface area contributed by atoms with Gasteiger partial charge < -0.3 is 9.47 Å². The van der Waals surface area contributed by atoms with Gasteiger partial charge in [0.1, 0.15) is 18.5 Å². The molecule has 7 heteroatoms.